The molecule has 0 aromatic heterocycles. The molecule has 170 valence electrons. The Morgan fingerprint density at radius 3 is 2.67 bits per heavy atom. The van der Waals surface area contributed by atoms with Gasteiger partial charge in [0.25, 0.3) is 0 Å². The first-order valence-electron chi connectivity index (χ1n) is 10.3. The van der Waals surface area contributed by atoms with Gasteiger partial charge in [0.2, 0.25) is 5.96 Å². The Hall–Kier alpha value is -3.59. The second-order valence-corrected chi connectivity index (χ2v) is 8.74. The monoisotopic (exact) mass is 467 g/mol. The van der Waals surface area contributed by atoms with Crippen molar-refractivity contribution in [3.8, 4) is 0 Å². The van der Waals surface area contributed by atoms with Crippen molar-refractivity contribution >= 4 is 34.5 Å². The van der Waals surface area contributed by atoms with Crippen molar-refractivity contribution in [2.24, 2.45) is 4.99 Å². The summed E-state index contributed by atoms with van der Waals surface area (Å²) in [5.74, 6) is -1.34. The second kappa shape index (κ2) is 9.50. The van der Waals surface area contributed by atoms with Crippen molar-refractivity contribution in [1.29, 1.82) is 5.41 Å². The van der Waals surface area contributed by atoms with E-state index in [1.165, 1.54) is 24.4 Å². The fourth-order valence-electron chi connectivity index (χ4n) is 3.85. The summed E-state index contributed by atoms with van der Waals surface area (Å²) in [5.41, 5.74) is 3.29. The largest absolute Gasteiger partial charge is 0.388 e. The molecule has 0 saturated carbocycles. The summed E-state index contributed by atoms with van der Waals surface area (Å²) < 4.78 is 45.0. The SMILES string of the molecule is CNc1ccc(CN=C2Nc3c(ccc(F)c3[C@H](C)c3ccccc3F)S(=O)N2)cc1C=N. The number of nitrogens with zero attached hydrogens (tertiary/aromatic N) is 1. The van der Waals surface area contributed by atoms with Gasteiger partial charge in [-0.15, -0.1) is 0 Å². The van der Waals surface area contributed by atoms with Gasteiger partial charge < -0.3 is 16.0 Å². The van der Waals surface area contributed by atoms with Gasteiger partial charge >= 0.3 is 0 Å². The zero-order chi connectivity index (χ0) is 23.5. The number of rotatable bonds is 6. The molecule has 0 fully saturated rings. The van der Waals surface area contributed by atoms with E-state index in [9.17, 15) is 13.0 Å². The average Bonchev–Trinajstić information content (AvgIpc) is 2.82. The number of nitrogens with one attached hydrogen (secondary N) is 4. The Morgan fingerprint density at radius 1 is 1.15 bits per heavy atom. The zero-order valence-corrected chi connectivity index (χ0v) is 18.9. The highest BCUT2D eigenvalue weighted by molar-refractivity contribution is 7.84. The van der Waals surface area contributed by atoms with E-state index in [0.29, 0.717) is 16.1 Å². The van der Waals surface area contributed by atoms with Crippen LogP contribution in [0.3, 0.4) is 0 Å². The molecule has 1 aliphatic heterocycles. The maximum Gasteiger partial charge on any atom is 0.208 e. The highest BCUT2D eigenvalue weighted by atomic mass is 32.2. The van der Waals surface area contributed by atoms with Gasteiger partial charge in [0.15, 0.2) is 11.0 Å². The van der Waals surface area contributed by atoms with E-state index < -0.39 is 28.5 Å². The number of benzene rings is 3. The molecule has 4 rings (SSSR count). The van der Waals surface area contributed by atoms with Crippen LogP contribution >= 0.6 is 0 Å². The molecule has 3 aromatic carbocycles. The molecule has 6 nitrogen and oxygen atoms in total. The lowest BCUT2D eigenvalue weighted by Gasteiger charge is -2.26. The summed E-state index contributed by atoms with van der Waals surface area (Å²) in [4.78, 5) is 4.84. The molecule has 0 spiro atoms. The van der Waals surface area contributed by atoms with Gasteiger partial charge in [0.1, 0.15) is 11.6 Å². The molecule has 1 unspecified atom stereocenters. The van der Waals surface area contributed by atoms with Crippen LogP contribution in [-0.2, 0) is 17.5 Å². The van der Waals surface area contributed by atoms with Gasteiger partial charge in [0.05, 0.1) is 17.1 Å². The number of hydrogen-bond acceptors (Lipinski definition) is 4. The predicted octanol–water partition coefficient (Wildman–Crippen LogP) is 4.75. The Bertz CT molecular complexity index is 1280. The van der Waals surface area contributed by atoms with Crippen LogP contribution in [0.5, 0.6) is 0 Å². The number of guanidine groups is 1. The molecule has 0 bridgehead atoms. The molecule has 2 atom stereocenters. The summed E-state index contributed by atoms with van der Waals surface area (Å²) in [6, 6.07) is 14.5. The van der Waals surface area contributed by atoms with E-state index in [4.69, 9.17) is 5.41 Å². The minimum absolute atomic E-state index is 0.225. The Labute approximate surface area is 193 Å². The van der Waals surface area contributed by atoms with Gasteiger partial charge in [-0.05, 0) is 41.5 Å². The lowest BCUT2D eigenvalue weighted by Crippen LogP contribution is -2.38. The highest BCUT2D eigenvalue weighted by Gasteiger charge is 2.28. The number of fused-ring (bicyclic) bond motifs is 1. The smallest absolute Gasteiger partial charge is 0.208 e. The third kappa shape index (κ3) is 4.49. The molecular weight excluding hydrogens is 444 g/mol. The van der Waals surface area contributed by atoms with Crippen LogP contribution in [0.25, 0.3) is 0 Å². The summed E-state index contributed by atoms with van der Waals surface area (Å²) in [5, 5.41) is 13.6. The molecule has 0 saturated heterocycles. The van der Waals surface area contributed by atoms with E-state index in [2.05, 4.69) is 20.3 Å². The quantitative estimate of drug-likeness (QED) is 0.395. The standard InChI is InChI=1S/C24H23F2N5OS/c1-14(17-5-3-4-6-18(17)25)22-19(26)8-10-21-23(22)30-24(31-33(21)32)29-13-15-7-9-20(28-2)16(11-15)12-27/h3-12,14,27-28H,13H2,1-2H3,(H2,29,30,31)/t14-,33?/m1/s1. The number of anilines is 2. The summed E-state index contributed by atoms with van der Waals surface area (Å²) in [6.07, 6.45) is 1.25. The first-order valence-corrected chi connectivity index (χ1v) is 11.5. The van der Waals surface area contributed by atoms with Crippen LogP contribution in [0.2, 0.25) is 0 Å². The van der Waals surface area contributed by atoms with Crippen molar-refractivity contribution in [3.05, 3.63) is 88.5 Å². The normalized spacial score (nSPS) is 17.0. The molecule has 1 aliphatic rings. The van der Waals surface area contributed by atoms with E-state index in [1.54, 1.807) is 32.2 Å². The molecule has 0 aliphatic carbocycles. The van der Waals surface area contributed by atoms with Crippen LogP contribution in [-0.4, -0.2) is 23.4 Å². The molecule has 1 heterocycles. The van der Waals surface area contributed by atoms with Gasteiger partial charge in [-0.3, -0.25) is 4.72 Å². The van der Waals surface area contributed by atoms with Crippen molar-refractivity contribution in [1.82, 2.24) is 4.72 Å². The lowest BCUT2D eigenvalue weighted by atomic mass is 9.91. The van der Waals surface area contributed by atoms with E-state index in [0.717, 1.165) is 16.8 Å². The number of halogens is 2. The average molecular weight is 468 g/mol. The highest BCUT2D eigenvalue weighted by Crippen LogP contribution is 2.37. The fraction of sp³-hybridized carbons (Fsp3) is 0.167. The molecule has 33 heavy (non-hydrogen) atoms. The third-order valence-electron chi connectivity index (χ3n) is 5.55. The molecular formula is C24H23F2N5OS. The minimum atomic E-state index is -1.66. The lowest BCUT2D eigenvalue weighted by molar-refractivity contribution is 0.580. The number of aliphatic imine (C=N–C) groups is 1. The molecule has 3 aromatic rings. The Balaban J connectivity index is 1.68. The second-order valence-electron chi connectivity index (χ2n) is 7.55. The van der Waals surface area contributed by atoms with Gasteiger partial charge in [-0.1, -0.05) is 31.2 Å². The maximum absolute atomic E-state index is 15.0. The van der Waals surface area contributed by atoms with Crippen LogP contribution in [0.1, 0.15) is 35.1 Å². The minimum Gasteiger partial charge on any atom is -0.388 e. The van der Waals surface area contributed by atoms with Crippen LogP contribution in [0.4, 0.5) is 20.2 Å². The van der Waals surface area contributed by atoms with E-state index in [-0.39, 0.29) is 18.1 Å². The van der Waals surface area contributed by atoms with Gasteiger partial charge in [-0.25, -0.2) is 18.0 Å². The molecule has 4 N–H and O–H groups in total. The van der Waals surface area contributed by atoms with Crippen molar-refractivity contribution in [3.63, 3.8) is 0 Å². The van der Waals surface area contributed by atoms with Gasteiger partial charge in [-0.2, -0.15) is 0 Å². The van der Waals surface area contributed by atoms with Crippen molar-refractivity contribution in [2.45, 2.75) is 24.3 Å². The Kier molecular flexibility index (Phi) is 6.50. The summed E-state index contributed by atoms with van der Waals surface area (Å²) in [6.45, 7) is 1.96. The topological polar surface area (TPSA) is 89.4 Å². The fourth-order valence-corrected chi connectivity index (χ4v) is 4.79. The Morgan fingerprint density at radius 2 is 1.94 bits per heavy atom. The molecule has 0 amide bonds. The summed E-state index contributed by atoms with van der Waals surface area (Å²) >= 11 is 0. The zero-order valence-electron chi connectivity index (χ0n) is 18.1. The van der Waals surface area contributed by atoms with Crippen LogP contribution in [0, 0.1) is 17.0 Å². The van der Waals surface area contributed by atoms with Crippen molar-refractivity contribution < 1.29 is 13.0 Å². The first-order chi connectivity index (χ1) is 15.9. The third-order valence-corrected chi connectivity index (χ3v) is 6.67. The number of hydrogen-bond donors (Lipinski definition) is 4. The molecule has 9 heteroatoms. The van der Waals surface area contributed by atoms with Gasteiger partial charge in [0, 0.05) is 36.0 Å². The van der Waals surface area contributed by atoms with E-state index >= 15 is 0 Å². The molecule has 0 radical (unpaired) electrons. The summed E-state index contributed by atoms with van der Waals surface area (Å²) in [7, 11) is 0.121. The van der Waals surface area contributed by atoms with Crippen LogP contribution < -0.4 is 15.4 Å². The van der Waals surface area contributed by atoms with E-state index in [1.807, 2.05) is 18.2 Å². The van der Waals surface area contributed by atoms with Crippen molar-refractivity contribution in [2.75, 3.05) is 17.7 Å². The maximum atomic E-state index is 15.0. The van der Waals surface area contributed by atoms with Crippen LogP contribution in [0.15, 0.2) is 64.5 Å². The predicted molar refractivity (Wildman–Crippen MR) is 128 cm³/mol. The first kappa shape index (κ1) is 22.6.